The number of hydrogen-bond donors (Lipinski definition) is 0. The fourth-order valence-electron chi connectivity index (χ4n) is 3.52. The Balaban J connectivity index is 1.56. The minimum atomic E-state index is -0.196. The van der Waals surface area contributed by atoms with Crippen molar-refractivity contribution in [3.63, 3.8) is 0 Å². The molecule has 1 saturated heterocycles. The maximum Gasteiger partial charge on any atom is 0.338 e. The Bertz CT molecular complexity index is 563. The molecule has 1 aliphatic rings. The third-order valence-corrected chi connectivity index (χ3v) is 6.61. The standard InChI is InChI=1S/C24H38NO2S/c1-3-4-5-6-7-8-9-10-11-12-17-27-24(26)22-15-13-14-21(19-22)20-23-25(2)16-18-28-23/h13-15,19-20,23H,3-12,16-18H2,1-2H3. The van der Waals surface area contributed by atoms with E-state index in [-0.39, 0.29) is 5.97 Å². The average molecular weight is 405 g/mol. The predicted octanol–water partition coefficient (Wildman–Crippen LogP) is 6.32. The van der Waals surface area contributed by atoms with Crippen molar-refractivity contribution < 1.29 is 9.53 Å². The van der Waals surface area contributed by atoms with Gasteiger partial charge in [-0.3, -0.25) is 4.90 Å². The quantitative estimate of drug-likeness (QED) is 0.268. The van der Waals surface area contributed by atoms with Crippen molar-refractivity contribution in [2.75, 3.05) is 26.0 Å². The molecule has 0 spiro atoms. The molecule has 1 radical (unpaired) electrons. The van der Waals surface area contributed by atoms with Crippen molar-refractivity contribution in [2.24, 2.45) is 0 Å². The number of carbonyl (C=O) groups excluding carboxylic acids is 1. The Morgan fingerprint density at radius 2 is 1.79 bits per heavy atom. The van der Waals surface area contributed by atoms with Gasteiger partial charge in [-0.25, -0.2) is 4.79 Å². The molecule has 1 aromatic carbocycles. The second kappa shape index (κ2) is 14.1. The molecule has 0 N–H and O–H groups in total. The first kappa shape index (κ1) is 23.3. The topological polar surface area (TPSA) is 29.5 Å². The van der Waals surface area contributed by atoms with E-state index in [4.69, 9.17) is 4.74 Å². The summed E-state index contributed by atoms with van der Waals surface area (Å²) >= 11 is 1.94. The van der Waals surface area contributed by atoms with Gasteiger partial charge in [-0.15, -0.1) is 11.8 Å². The van der Waals surface area contributed by atoms with Crippen LogP contribution in [0, 0.1) is 6.42 Å². The molecule has 0 aliphatic carbocycles. The zero-order chi connectivity index (χ0) is 20.0. The van der Waals surface area contributed by atoms with E-state index in [0.717, 1.165) is 30.7 Å². The average Bonchev–Trinajstić information content (AvgIpc) is 3.10. The molecular formula is C24H38NO2S. The first-order chi connectivity index (χ1) is 13.7. The van der Waals surface area contributed by atoms with E-state index in [1.54, 1.807) is 0 Å². The number of benzene rings is 1. The van der Waals surface area contributed by atoms with E-state index in [1.807, 2.05) is 30.0 Å². The van der Waals surface area contributed by atoms with Gasteiger partial charge in [0.1, 0.15) is 0 Å². The Morgan fingerprint density at radius 3 is 2.43 bits per heavy atom. The zero-order valence-electron chi connectivity index (χ0n) is 17.8. The number of esters is 1. The Kier molecular flexibility index (Phi) is 11.7. The molecular weight excluding hydrogens is 366 g/mol. The molecule has 3 nitrogen and oxygen atoms in total. The van der Waals surface area contributed by atoms with Crippen LogP contribution in [-0.2, 0) is 4.74 Å². The van der Waals surface area contributed by atoms with Crippen LogP contribution in [0.4, 0.5) is 0 Å². The van der Waals surface area contributed by atoms with Gasteiger partial charge in [-0.1, -0.05) is 76.8 Å². The minimum absolute atomic E-state index is 0.196. The smallest absolute Gasteiger partial charge is 0.338 e. The summed E-state index contributed by atoms with van der Waals surface area (Å²) < 4.78 is 5.48. The molecule has 1 unspecified atom stereocenters. The van der Waals surface area contributed by atoms with Gasteiger partial charge in [0.25, 0.3) is 0 Å². The van der Waals surface area contributed by atoms with E-state index in [2.05, 4.69) is 31.4 Å². The second-order valence-electron chi connectivity index (χ2n) is 7.85. The molecule has 0 saturated carbocycles. The highest BCUT2D eigenvalue weighted by atomic mass is 32.2. The van der Waals surface area contributed by atoms with Gasteiger partial charge in [-0.05, 0) is 31.2 Å². The lowest BCUT2D eigenvalue weighted by molar-refractivity contribution is 0.0497. The molecule has 1 aliphatic heterocycles. The van der Waals surface area contributed by atoms with Crippen LogP contribution in [0.3, 0.4) is 0 Å². The Hall–Kier alpha value is -1.00. The molecule has 1 aromatic rings. The number of carbonyl (C=O) groups is 1. The molecule has 1 atom stereocenters. The summed E-state index contributed by atoms with van der Waals surface area (Å²) in [6.45, 7) is 3.91. The summed E-state index contributed by atoms with van der Waals surface area (Å²) in [4.78, 5) is 14.6. The maximum absolute atomic E-state index is 12.3. The summed E-state index contributed by atoms with van der Waals surface area (Å²) in [6, 6.07) is 7.81. The largest absolute Gasteiger partial charge is 0.462 e. The number of likely N-dealkylation sites (N-methyl/N-ethyl adjacent to an activating group) is 1. The number of rotatable bonds is 14. The highest BCUT2D eigenvalue weighted by molar-refractivity contribution is 8.00. The lowest BCUT2D eigenvalue weighted by atomic mass is 10.1. The normalized spacial score (nSPS) is 17.1. The summed E-state index contributed by atoms with van der Waals surface area (Å²) in [5, 5.41) is 0.401. The molecule has 0 amide bonds. The van der Waals surface area contributed by atoms with Crippen molar-refractivity contribution in [3.8, 4) is 0 Å². The van der Waals surface area contributed by atoms with Gasteiger partial charge < -0.3 is 4.74 Å². The summed E-state index contributed by atoms with van der Waals surface area (Å²) in [5.74, 6) is 0.969. The Morgan fingerprint density at radius 1 is 1.11 bits per heavy atom. The van der Waals surface area contributed by atoms with Crippen LogP contribution in [-0.4, -0.2) is 42.2 Å². The number of ether oxygens (including phenoxy) is 1. The first-order valence-corrected chi connectivity index (χ1v) is 12.2. The van der Waals surface area contributed by atoms with Gasteiger partial charge in [0.2, 0.25) is 0 Å². The van der Waals surface area contributed by atoms with Crippen LogP contribution in [0.2, 0.25) is 0 Å². The van der Waals surface area contributed by atoms with Gasteiger partial charge in [-0.2, -0.15) is 0 Å². The molecule has 1 fully saturated rings. The molecule has 1 heterocycles. The molecule has 4 heteroatoms. The second-order valence-corrected chi connectivity index (χ2v) is 9.08. The van der Waals surface area contributed by atoms with Crippen LogP contribution < -0.4 is 0 Å². The summed E-state index contributed by atoms with van der Waals surface area (Å²) in [5.41, 5.74) is 1.76. The van der Waals surface area contributed by atoms with E-state index in [9.17, 15) is 4.79 Å². The highest BCUT2D eigenvalue weighted by Crippen LogP contribution is 2.27. The van der Waals surface area contributed by atoms with Crippen molar-refractivity contribution >= 4 is 17.7 Å². The fraction of sp³-hybridized carbons (Fsp3) is 0.667. The van der Waals surface area contributed by atoms with Crippen LogP contribution in [0.5, 0.6) is 0 Å². The molecule has 0 aromatic heterocycles. The fourth-order valence-corrected chi connectivity index (χ4v) is 4.77. The first-order valence-electron chi connectivity index (χ1n) is 11.1. The number of unbranched alkanes of at least 4 members (excludes halogenated alkanes) is 9. The summed E-state index contributed by atoms with van der Waals surface area (Å²) in [7, 11) is 2.14. The minimum Gasteiger partial charge on any atom is -0.462 e. The number of hydrogen-bond acceptors (Lipinski definition) is 4. The Labute approximate surface area is 176 Å². The van der Waals surface area contributed by atoms with E-state index in [1.165, 1.54) is 51.4 Å². The van der Waals surface area contributed by atoms with Gasteiger partial charge in [0.05, 0.1) is 17.5 Å². The van der Waals surface area contributed by atoms with Crippen molar-refractivity contribution in [2.45, 2.75) is 76.5 Å². The molecule has 28 heavy (non-hydrogen) atoms. The lowest BCUT2D eigenvalue weighted by Crippen LogP contribution is -2.24. The van der Waals surface area contributed by atoms with E-state index >= 15 is 0 Å². The summed E-state index contributed by atoms with van der Waals surface area (Å²) in [6.07, 6.45) is 15.1. The zero-order valence-corrected chi connectivity index (χ0v) is 18.6. The van der Waals surface area contributed by atoms with Gasteiger partial charge in [0, 0.05) is 18.7 Å². The lowest BCUT2D eigenvalue weighted by Gasteiger charge is -2.18. The van der Waals surface area contributed by atoms with Crippen molar-refractivity contribution in [1.82, 2.24) is 4.90 Å². The molecule has 157 valence electrons. The molecule has 0 bridgehead atoms. The van der Waals surface area contributed by atoms with E-state index < -0.39 is 0 Å². The van der Waals surface area contributed by atoms with Crippen LogP contribution >= 0.6 is 11.8 Å². The number of nitrogens with zero attached hydrogens (tertiary/aromatic N) is 1. The van der Waals surface area contributed by atoms with Crippen LogP contribution in [0.15, 0.2) is 24.3 Å². The van der Waals surface area contributed by atoms with E-state index in [0.29, 0.717) is 17.5 Å². The molecule has 2 rings (SSSR count). The van der Waals surface area contributed by atoms with Gasteiger partial charge >= 0.3 is 5.97 Å². The third kappa shape index (κ3) is 9.00. The predicted molar refractivity (Wildman–Crippen MR) is 121 cm³/mol. The monoisotopic (exact) mass is 404 g/mol. The maximum atomic E-state index is 12.3. The van der Waals surface area contributed by atoms with Crippen LogP contribution in [0.25, 0.3) is 0 Å². The number of thioether (sulfide) groups is 1. The third-order valence-electron chi connectivity index (χ3n) is 5.36. The SMILES string of the molecule is CCCCCCCCCCCCOC(=O)c1cccc([CH]C2SCCN2C)c1. The van der Waals surface area contributed by atoms with Crippen molar-refractivity contribution in [3.05, 3.63) is 41.8 Å². The highest BCUT2D eigenvalue weighted by Gasteiger charge is 2.22. The van der Waals surface area contributed by atoms with Gasteiger partial charge in [0.15, 0.2) is 0 Å². The van der Waals surface area contributed by atoms with Crippen LogP contribution in [0.1, 0.15) is 87.1 Å². The van der Waals surface area contributed by atoms with Crippen molar-refractivity contribution in [1.29, 1.82) is 0 Å².